The van der Waals surface area contributed by atoms with Crippen molar-refractivity contribution in [1.29, 1.82) is 0 Å². The molecule has 6 nitrogen and oxygen atoms in total. The van der Waals surface area contributed by atoms with Crippen molar-refractivity contribution in [2.24, 2.45) is 0 Å². The molecule has 0 saturated heterocycles. The maximum absolute atomic E-state index is 12.0. The molecule has 2 rings (SSSR count). The van der Waals surface area contributed by atoms with Crippen LogP contribution in [-0.2, 0) is 0 Å². The number of carbonyl (C=O) groups excluding carboxylic acids is 1. The summed E-state index contributed by atoms with van der Waals surface area (Å²) in [6, 6.07) is 6.10. The van der Waals surface area contributed by atoms with Gasteiger partial charge in [0.05, 0.1) is 23.0 Å². The number of carbonyl (C=O) groups is 2. The lowest BCUT2D eigenvalue weighted by molar-refractivity contribution is 0.0696. The number of aryl methyl sites for hydroxylation is 1. The second-order valence-electron chi connectivity index (χ2n) is 4.19. The molecule has 0 atom stereocenters. The van der Waals surface area contributed by atoms with Gasteiger partial charge < -0.3 is 15.5 Å². The first kappa shape index (κ1) is 13.5. The summed E-state index contributed by atoms with van der Waals surface area (Å²) >= 11 is 0. The number of rotatable bonds is 3. The SMILES string of the molecule is Cc1cccc(C(=O)Nc2cncc(C(=O)O)c2)c1O. The van der Waals surface area contributed by atoms with Gasteiger partial charge in [0.15, 0.2) is 0 Å². The van der Waals surface area contributed by atoms with E-state index in [2.05, 4.69) is 10.3 Å². The number of aromatic nitrogens is 1. The Morgan fingerprint density at radius 1 is 1.25 bits per heavy atom. The van der Waals surface area contributed by atoms with Crippen molar-refractivity contribution >= 4 is 17.6 Å². The molecule has 2 aromatic rings. The topological polar surface area (TPSA) is 99.5 Å². The highest BCUT2D eigenvalue weighted by Gasteiger charge is 2.13. The zero-order chi connectivity index (χ0) is 14.7. The van der Waals surface area contributed by atoms with Crippen LogP contribution in [0.1, 0.15) is 26.3 Å². The number of amides is 1. The monoisotopic (exact) mass is 272 g/mol. The summed E-state index contributed by atoms with van der Waals surface area (Å²) in [5, 5.41) is 21.2. The molecule has 3 N–H and O–H groups in total. The first-order valence-corrected chi connectivity index (χ1v) is 5.77. The van der Waals surface area contributed by atoms with Gasteiger partial charge in [0.25, 0.3) is 5.91 Å². The predicted molar refractivity (Wildman–Crippen MR) is 72.0 cm³/mol. The Kier molecular flexibility index (Phi) is 3.65. The number of pyridine rings is 1. The van der Waals surface area contributed by atoms with Gasteiger partial charge in [-0.25, -0.2) is 4.79 Å². The number of para-hydroxylation sites is 1. The number of hydrogen-bond acceptors (Lipinski definition) is 4. The lowest BCUT2D eigenvalue weighted by Crippen LogP contribution is -2.13. The molecule has 0 fully saturated rings. The van der Waals surface area contributed by atoms with Crippen LogP contribution >= 0.6 is 0 Å². The normalized spacial score (nSPS) is 10.1. The molecule has 6 heteroatoms. The van der Waals surface area contributed by atoms with Crippen LogP contribution in [0.25, 0.3) is 0 Å². The molecule has 0 radical (unpaired) electrons. The van der Waals surface area contributed by atoms with Crippen LogP contribution in [0.15, 0.2) is 36.7 Å². The maximum atomic E-state index is 12.0. The highest BCUT2D eigenvalue weighted by atomic mass is 16.4. The smallest absolute Gasteiger partial charge is 0.337 e. The van der Waals surface area contributed by atoms with Gasteiger partial charge in [-0.2, -0.15) is 0 Å². The zero-order valence-electron chi connectivity index (χ0n) is 10.6. The second-order valence-corrected chi connectivity index (χ2v) is 4.19. The molecule has 0 spiro atoms. The zero-order valence-corrected chi connectivity index (χ0v) is 10.6. The first-order valence-electron chi connectivity index (χ1n) is 5.77. The Balaban J connectivity index is 2.26. The van der Waals surface area contributed by atoms with Gasteiger partial charge in [-0.15, -0.1) is 0 Å². The van der Waals surface area contributed by atoms with Crippen molar-refractivity contribution in [3.8, 4) is 5.75 Å². The van der Waals surface area contributed by atoms with E-state index in [1.54, 1.807) is 19.1 Å². The minimum atomic E-state index is -1.13. The van der Waals surface area contributed by atoms with Gasteiger partial charge in [-0.05, 0) is 24.6 Å². The van der Waals surface area contributed by atoms with Crippen LogP contribution in [0.4, 0.5) is 5.69 Å². The fourth-order valence-electron chi connectivity index (χ4n) is 1.67. The minimum absolute atomic E-state index is 0.0312. The summed E-state index contributed by atoms with van der Waals surface area (Å²) in [5.41, 5.74) is 0.910. The number of phenols is 1. The summed E-state index contributed by atoms with van der Waals surface area (Å²) < 4.78 is 0. The van der Waals surface area contributed by atoms with E-state index in [4.69, 9.17) is 5.11 Å². The van der Waals surface area contributed by atoms with Gasteiger partial charge in [0, 0.05) is 6.20 Å². The average Bonchev–Trinajstić information content (AvgIpc) is 2.42. The maximum Gasteiger partial charge on any atom is 0.337 e. The molecule has 1 aromatic carbocycles. The number of carboxylic acid groups (broad SMARTS) is 1. The number of benzene rings is 1. The molecule has 0 aliphatic carbocycles. The molecular weight excluding hydrogens is 260 g/mol. The molecule has 0 saturated carbocycles. The summed E-state index contributed by atoms with van der Waals surface area (Å²) in [7, 11) is 0. The van der Waals surface area contributed by atoms with E-state index in [1.165, 1.54) is 24.5 Å². The van der Waals surface area contributed by atoms with Gasteiger partial charge >= 0.3 is 5.97 Å². The van der Waals surface area contributed by atoms with Crippen LogP contribution in [0.2, 0.25) is 0 Å². The third kappa shape index (κ3) is 2.74. The predicted octanol–water partition coefficient (Wildman–Crippen LogP) is 2.05. The fourth-order valence-corrected chi connectivity index (χ4v) is 1.67. The Hall–Kier alpha value is -2.89. The van der Waals surface area contributed by atoms with Crippen molar-refractivity contribution in [3.05, 3.63) is 53.3 Å². The van der Waals surface area contributed by atoms with Gasteiger partial charge in [0.2, 0.25) is 0 Å². The molecular formula is C14H12N2O4. The number of carboxylic acids is 1. The molecule has 0 aliphatic heterocycles. The molecule has 102 valence electrons. The minimum Gasteiger partial charge on any atom is -0.507 e. The first-order chi connectivity index (χ1) is 9.49. The van der Waals surface area contributed by atoms with E-state index in [9.17, 15) is 14.7 Å². The highest BCUT2D eigenvalue weighted by Crippen LogP contribution is 2.22. The molecule has 1 heterocycles. The van der Waals surface area contributed by atoms with Gasteiger partial charge in [0.1, 0.15) is 5.75 Å². The van der Waals surface area contributed by atoms with Crippen LogP contribution in [0, 0.1) is 6.92 Å². The van der Waals surface area contributed by atoms with E-state index in [0.717, 1.165) is 0 Å². The van der Waals surface area contributed by atoms with Crippen LogP contribution in [-0.4, -0.2) is 27.1 Å². The number of nitrogens with zero attached hydrogens (tertiary/aromatic N) is 1. The van der Waals surface area contributed by atoms with Crippen LogP contribution < -0.4 is 5.32 Å². The lowest BCUT2D eigenvalue weighted by Gasteiger charge is -2.08. The Bertz CT molecular complexity index is 683. The van der Waals surface area contributed by atoms with E-state index in [0.29, 0.717) is 5.56 Å². The van der Waals surface area contributed by atoms with Crippen LogP contribution in [0.5, 0.6) is 5.75 Å². The van der Waals surface area contributed by atoms with E-state index >= 15 is 0 Å². The fraction of sp³-hybridized carbons (Fsp3) is 0.0714. The molecule has 20 heavy (non-hydrogen) atoms. The molecule has 1 aromatic heterocycles. The Morgan fingerprint density at radius 3 is 2.70 bits per heavy atom. The quantitative estimate of drug-likeness (QED) is 0.794. The number of aromatic hydroxyl groups is 1. The summed E-state index contributed by atoms with van der Waals surface area (Å²) in [6.07, 6.45) is 2.51. The van der Waals surface area contributed by atoms with Gasteiger partial charge in [-0.3, -0.25) is 9.78 Å². The standard InChI is InChI=1S/C14H12N2O4/c1-8-3-2-4-11(12(8)17)13(18)16-10-5-9(14(19)20)6-15-7-10/h2-7,17H,1H3,(H,16,18)(H,19,20). The van der Waals surface area contributed by atoms with Crippen LogP contribution in [0.3, 0.4) is 0 Å². The summed E-state index contributed by atoms with van der Waals surface area (Å²) in [4.78, 5) is 26.6. The summed E-state index contributed by atoms with van der Waals surface area (Å²) in [5.74, 6) is -1.77. The molecule has 1 amide bonds. The molecule has 0 unspecified atom stereocenters. The van der Waals surface area contributed by atoms with E-state index < -0.39 is 11.9 Å². The Morgan fingerprint density at radius 2 is 2.00 bits per heavy atom. The highest BCUT2D eigenvalue weighted by molar-refractivity contribution is 6.06. The second kappa shape index (κ2) is 5.40. The van der Waals surface area contributed by atoms with Crippen molar-refractivity contribution < 1.29 is 19.8 Å². The van der Waals surface area contributed by atoms with Crippen molar-refractivity contribution in [2.45, 2.75) is 6.92 Å². The Labute approximate surface area is 114 Å². The number of anilines is 1. The average molecular weight is 272 g/mol. The largest absolute Gasteiger partial charge is 0.507 e. The summed E-state index contributed by atoms with van der Waals surface area (Å²) in [6.45, 7) is 1.68. The lowest BCUT2D eigenvalue weighted by atomic mass is 10.1. The van der Waals surface area contributed by atoms with E-state index in [1.807, 2.05) is 0 Å². The van der Waals surface area contributed by atoms with Crippen molar-refractivity contribution in [1.82, 2.24) is 4.98 Å². The number of phenolic OH excluding ortho intramolecular Hbond substituents is 1. The van der Waals surface area contributed by atoms with Crippen molar-refractivity contribution in [3.63, 3.8) is 0 Å². The molecule has 0 bridgehead atoms. The van der Waals surface area contributed by atoms with Gasteiger partial charge in [-0.1, -0.05) is 12.1 Å². The number of aromatic carboxylic acids is 1. The third-order valence-corrected chi connectivity index (χ3v) is 2.73. The third-order valence-electron chi connectivity index (χ3n) is 2.73. The molecule has 0 aliphatic rings. The van der Waals surface area contributed by atoms with E-state index in [-0.39, 0.29) is 22.6 Å². The van der Waals surface area contributed by atoms with Crippen molar-refractivity contribution in [2.75, 3.05) is 5.32 Å². The number of nitrogens with one attached hydrogen (secondary N) is 1. The number of hydrogen-bond donors (Lipinski definition) is 3.